The highest BCUT2D eigenvalue weighted by Crippen LogP contribution is 2.27. The van der Waals surface area contributed by atoms with E-state index in [1.54, 1.807) is 31.1 Å². The molecule has 25 heavy (non-hydrogen) atoms. The quantitative estimate of drug-likeness (QED) is 0.837. The van der Waals surface area contributed by atoms with Crippen molar-refractivity contribution in [3.05, 3.63) is 35.4 Å². The first kappa shape index (κ1) is 19.1. The molecule has 0 atom stereocenters. The number of carbonyl (C=O) groups is 2. The molecule has 4 nitrogen and oxygen atoms in total. The zero-order chi connectivity index (χ0) is 18.1. The molecule has 1 fully saturated rings. The van der Waals surface area contributed by atoms with Crippen molar-refractivity contribution < 1.29 is 9.59 Å². The van der Waals surface area contributed by atoms with E-state index in [0.717, 1.165) is 17.9 Å². The van der Waals surface area contributed by atoms with Gasteiger partial charge in [-0.25, -0.2) is 0 Å². The van der Waals surface area contributed by atoms with Gasteiger partial charge in [0.1, 0.15) is 0 Å². The van der Waals surface area contributed by atoms with Crippen molar-refractivity contribution in [3.8, 4) is 11.8 Å². The van der Waals surface area contributed by atoms with Crippen molar-refractivity contribution in [1.82, 2.24) is 10.2 Å². The minimum Gasteiger partial charge on any atom is -0.345 e. The van der Waals surface area contributed by atoms with Crippen molar-refractivity contribution in [2.45, 2.75) is 44.9 Å². The molecule has 0 heterocycles. The van der Waals surface area contributed by atoms with Crippen molar-refractivity contribution in [2.24, 2.45) is 5.92 Å². The van der Waals surface area contributed by atoms with Crippen LogP contribution in [0.25, 0.3) is 0 Å². The average Bonchev–Trinajstić information content (AvgIpc) is 2.64. The molecule has 4 heteroatoms. The third-order valence-corrected chi connectivity index (χ3v) is 4.65. The van der Waals surface area contributed by atoms with Crippen molar-refractivity contribution in [1.29, 1.82) is 0 Å². The Morgan fingerprint density at radius 2 is 1.80 bits per heavy atom. The Kier molecular flexibility index (Phi) is 7.53. The molecule has 1 N–H and O–H groups in total. The van der Waals surface area contributed by atoms with E-state index in [1.165, 1.54) is 32.1 Å². The van der Waals surface area contributed by atoms with Crippen LogP contribution in [0.2, 0.25) is 0 Å². The molecular weight excluding hydrogens is 312 g/mol. The lowest BCUT2D eigenvalue weighted by molar-refractivity contribution is -0.121. The first-order valence-electron chi connectivity index (χ1n) is 9.13. The Labute approximate surface area is 151 Å². The van der Waals surface area contributed by atoms with Gasteiger partial charge in [0, 0.05) is 31.6 Å². The van der Waals surface area contributed by atoms with Crippen molar-refractivity contribution in [2.75, 3.05) is 20.6 Å². The Bertz CT molecular complexity index is 632. The predicted molar refractivity (Wildman–Crippen MR) is 100 cm³/mol. The van der Waals surface area contributed by atoms with Crippen LogP contribution in [0.5, 0.6) is 0 Å². The third kappa shape index (κ3) is 6.62. The number of amides is 2. The largest absolute Gasteiger partial charge is 0.345 e. The smallest absolute Gasteiger partial charge is 0.253 e. The van der Waals surface area contributed by atoms with Crippen LogP contribution in [0.3, 0.4) is 0 Å². The summed E-state index contributed by atoms with van der Waals surface area (Å²) < 4.78 is 0. The molecule has 0 radical (unpaired) electrons. The second-order valence-corrected chi connectivity index (χ2v) is 6.90. The monoisotopic (exact) mass is 340 g/mol. The Balaban J connectivity index is 1.70. The number of carbonyl (C=O) groups excluding carboxylic acids is 2. The fourth-order valence-corrected chi connectivity index (χ4v) is 3.14. The second kappa shape index (κ2) is 9.88. The maximum atomic E-state index is 11.9. The van der Waals surface area contributed by atoms with Crippen molar-refractivity contribution >= 4 is 11.8 Å². The summed E-state index contributed by atoms with van der Waals surface area (Å²) in [7, 11) is 3.46. The van der Waals surface area contributed by atoms with Crippen LogP contribution in [-0.2, 0) is 4.79 Å². The highest BCUT2D eigenvalue weighted by Gasteiger charge is 2.14. The zero-order valence-electron chi connectivity index (χ0n) is 15.3. The molecule has 0 spiro atoms. The standard InChI is InChI=1S/C21H28N2O2/c1-23(2)21(25)19-13-10-18(11-14-19)9-6-16-22-20(24)15-12-17-7-4-3-5-8-17/h10-11,13-14,17H,3-5,7-8,12,15-16H2,1-2H3,(H,22,24). The maximum absolute atomic E-state index is 11.9. The second-order valence-electron chi connectivity index (χ2n) is 6.90. The SMILES string of the molecule is CN(C)C(=O)c1ccc(C#CCNC(=O)CCC2CCCCC2)cc1. The number of nitrogens with one attached hydrogen (secondary N) is 1. The summed E-state index contributed by atoms with van der Waals surface area (Å²) in [4.78, 5) is 25.2. The highest BCUT2D eigenvalue weighted by atomic mass is 16.2. The number of hydrogen-bond donors (Lipinski definition) is 1. The molecule has 1 saturated carbocycles. The first-order valence-corrected chi connectivity index (χ1v) is 9.13. The fraction of sp³-hybridized carbons (Fsp3) is 0.524. The van der Waals surface area contributed by atoms with E-state index >= 15 is 0 Å². The molecule has 0 saturated heterocycles. The van der Waals surface area contributed by atoms with Crippen LogP contribution in [0, 0.1) is 17.8 Å². The molecule has 0 aromatic heterocycles. The summed E-state index contributed by atoms with van der Waals surface area (Å²) in [6, 6.07) is 7.20. The molecule has 2 rings (SSSR count). The van der Waals surface area contributed by atoms with Crippen molar-refractivity contribution in [3.63, 3.8) is 0 Å². The first-order chi connectivity index (χ1) is 12.1. The summed E-state index contributed by atoms with van der Waals surface area (Å²) in [5.41, 5.74) is 1.48. The maximum Gasteiger partial charge on any atom is 0.253 e. The van der Waals surface area contributed by atoms with Gasteiger partial charge in [-0.05, 0) is 36.6 Å². The van der Waals surface area contributed by atoms with E-state index < -0.39 is 0 Å². The van der Waals surface area contributed by atoms with E-state index in [1.807, 2.05) is 12.1 Å². The molecule has 134 valence electrons. The summed E-state index contributed by atoms with van der Waals surface area (Å²) in [6.45, 7) is 0.363. The molecule has 1 aliphatic rings. The van der Waals surface area contributed by atoms with Crippen LogP contribution in [0.4, 0.5) is 0 Å². The summed E-state index contributed by atoms with van der Waals surface area (Å²) in [5.74, 6) is 6.77. The Hall–Kier alpha value is -2.28. The van der Waals surface area contributed by atoms with Crippen LogP contribution in [0.1, 0.15) is 60.9 Å². The van der Waals surface area contributed by atoms with E-state index in [9.17, 15) is 9.59 Å². The van der Waals surface area contributed by atoms with Gasteiger partial charge in [0.25, 0.3) is 5.91 Å². The van der Waals surface area contributed by atoms with Crippen LogP contribution in [0.15, 0.2) is 24.3 Å². The van der Waals surface area contributed by atoms with Gasteiger partial charge in [-0.3, -0.25) is 9.59 Å². The lowest BCUT2D eigenvalue weighted by Crippen LogP contribution is -2.24. The van der Waals surface area contributed by atoms with Gasteiger partial charge in [0.2, 0.25) is 5.91 Å². The lowest BCUT2D eigenvalue weighted by Gasteiger charge is -2.20. The molecule has 0 unspecified atom stereocenters. The molecule has 0 bridgehead atoms. The van der Waals surface area contributed by atoms with Gasteiger partial charge in [0.05, 0.1) is 6.54 Å². The topological polar surface area (TPSA) is 49.4 Å². The van der Waals surface area contributed by atoms with Crippen LogP contribution in [-0.4, -0.2) is 37.4 Å². The molecule has 2 amide bonds. The minimum absolute atomic E-state index is 0.0234. The van der Waals surface area contributed by atoms with E-state index in [0.29, 0.717) is 18.5 Å². The van der Waals surface area contributed by atoms with E-state index in [-0.39, 0.29) is 11.8 Å². The van der Waals surface area contributed by atoms with Gasteiger partial charge in [0.15, 0.2) is 0 Å². The van der Waals surface area contributed by atoms with Gasteiger partial charge >= 0.3 is 0 Å². The number of nitrogens with zero attached hydrogens (tertiary/aromatic N) is 1. The Morgan fingerprint density at radius 3 is 2.44 bits per heavy atom. The number of hydrogen-bond acceptors (Lipinski definition) is 2. The molecule has 1 aliphatic carbocycles. The number of rotatable bonds is 5. The van der Waals surface area contributed by atoms with Crippen LogP contribution >= 0.6 is 0 Å². The van der Waals surface area contributed by atoms with Gasteiger partial charge in [-0.2, -0.15) is 0 Å². The van der Waals surface area contributed by atoms with Gasteiger partial charge in [-0.1, -0.05) is 43.9 Å². The highest BCUT2D eigenvalue weighted by molar-refractivity contribution is 5.93. The summed E-state index contributed by atoms with van der Waals surface area (Å²) >= 11 is 0. The molecule has 0 aliphatic heterocycles. The van der Waals surface area contributed by atoms with E-state index in [2.05, 4.69) is 17.2 Å². The van der Waals surface area contributed by atoms with E-state index in [4.69, 9.17) is 0 Å². The zero-order valence-corrected chi connectivity index (χ0v) is 15.3. The predicted octanol–water partition coefficient (Wildman–Crippen LogP) is 3.22. The minimum atomic E-state index is -0.0234. The van der Waals surface area contributed by atoms with Gasteiger partial charge in [-0.15, -0.1) is 0 Å². The molecular formula is C21H28N2O2. The number of benzene rings is 1. The van der Waals surface area contributed by atoms with Gasteiger partial charge < -0.3 is 10.2 Å². The Morgan fingerprint density at radius 1 is 1.12 bits per heavy atom. The molecule has 1 aromatic rings. The fourth-order valence-electron chi connectivity index (χ4n) is 3.14. The lowest BCUT2D eigenvalue weighted by atomic mass is 9.86. The normalized spacial score (nSPS) is 14.3. The molecule has 1 aromatic carbocycles. The van der Waals surface area contributed by atoms with Crippen LogP contribution < -0.4 is 5.32 Å². The average molecular weight is 340 g/mol. The summed E-state index contributed by atoms with van der Waals surface area (Å²) in [6.07, 6.45) is 8.14. The summed E-state index contributed by atoms with van der Waals surface area (Å²) in [5, 5.41) is 2.86. The third-order valence-electron chi connectivity index (χ3n) is 4.65.